The van der Waals surface area contributed by atoms with Gasteiger partial charge in [0, 0.05) is 36.6 Å². The Labute approximate surface area is 181 Å². The summed E-state index contributed by atoms with van der Waals surface area (Å²) in [5.41, 5.74) is -1.11. The molecule has 3 heterocycles. The van der Waals surface area contributed by atoms with E-state index in [2.05, 4.69) is 34.3 Å². The third-order valence-corrected chi connectivity index (χ3v) is 6.14. The van der Waals surface area contributed by atoms with Crippen LogP contribution in [0.15, 0.2) is 48.8 Å². The fraction of sp³-hybridized carbons (Fsp3) is 0.417. The highest BCUT2D eigenvalue weighted by molar-refractivity contribution is 5.60. The van der Waals surface area contributed by atoms with Gasteiger partial charge in [-0.15, -0.1) is 0 Å². The van der Waals surface area contributed by atoms with Gasteiger partial charge in [0.05, 0.1) is 11.4 Å². The molecule has 0 bridgehead atoms. The van der Waals surface area contributed by atoms with Crippen LogP contribution in [0.3, 0.4) is 0 Å². The lowest BCUT2D eigenvalue weighted by molar-refractivity contribution is -0.108. The third-order valence-electron chi connectivity index (χ3n) is 6.14. The van der Waals surface area contributed by atoms with Crippen LogP contribution in [0.4, 0.5) is 4.39 Å². The number of H-pyrrole nitrogens is 1. The molecule has 7 heteroatoms. The van der Waals surface area contributed by atoms with Crippen molar-refractivity contribution in [2.24, 2.45) is 0 Å². The van der Waals surface area contributed by atoms with Gasteiger partial charge in [-0.1, -0.05) is 38.1 Å². The standard InChI is InChI=1S/C24H29FN4O2/c1-15(2)16-5-7-18(8-6-16)24(31,23(25)13-27-14-23)19-9-17(11-26-12-19)20-10-21(29-28-20)22(3,4)30/h5-12,15,27,30-31H,13-14H2,1-4H3,(H,28,29)/t24-/m0/s1. The number of hydrogen-bond donors (Lipinski definition) is 4. The van der Waals surface area contributed by atoms with E-state index in [4.69, 9.17) is 0 Å². The van der Waals surface area contributed by atoms with Crippen LogP contribution in [-0.2, 0) is 11.2 Å². The number of hydrogen-bond acceptors (Lipinski definition) is 5. The summed E-state index contributed by atoms with van der Waals surface area (Å²) in [6.45, 7) is 7.60. The van der Waals surface area contributed by atoms with Crippen molar-refractivity contribution in [3.8, 4) is 11.3 Å². The molecule has 1 atom stereocenters. The van der Waals surface area contributed by atoms with Crippen molar-refractivity contribution >= 4 is 0 Å². The molecular weight excluding hydrogens is 395 g/mol. The molecule has 1 aliphatic rings. The molecular formula is C24H29FN4O2. The molecule has 6 nitrogen and oxygen atoms in total. The molecule has 0 spiro atoms. The molecule has 3 aromatic rings. The average molecular weight is 425 g/mol. The normalized spacial score (nSPS) is 17.9. The number of halogens is 1. The highest BCUT2D eigenvalue weighted by atomic mass is 19.1. The van der Waals surface area contributed by atoms with Crippen LogP contribution in [0.2, 0.25) is 0 Å². The highest BCUT2D eigenvalue weighted by Gasteiger charge is 2.57. The molecule has 164 valence electrons. The Hall–Kier alpha value is -2.61. The van der Waals surface area contributed by atoms with Gasteiger partial charge in [0.1, 0.15) is 5.60 Å². The van der Waals surface area contributed by atoms with Gasteiger partial charge in [0.25, 0.3) is 0 Å². The zero-order chi connectivity index (χ0) is 22.4. The molecule has 1 fully saturated rings. The topological polar surface area (TPSA) is 94.1 Å². The second-order valence-corrected chi connectivity index (χ2v) is 9.24. The molecule has 0 aliphatic carbocycles. The van der Waals surface area contributed by atoms with Crippen molar-refractivity contribution in [3.63, 3.8) is 0 Å². The summed E-state index contributed by atoms with van der Waals surface area (Å²) in [4.78, 5) is 4.28. The Bertz CT molecular complexity index is 1070. The van der Waals surface area contributed by atoms with Gasteiger partial charge < -0.3 is 15.5 Å². The Morgan fingerprint density at radius 2 is 1.71 bits per heavy atom. The van der Waals surface area contributed by atoms with E-state index in [1.165, 1.54) is 6.20 Å². The number of benzene rings is 1. The number of nitrogens with zero attached hydrogens (tertiary/aromatic N) is 2. The predicted octanol–water partition coefficient (Wildman–Crippen LogP) is 3.37. The maximum atomic E-state index is 15.9. The molecule has 0 unspecified atom stereocenters. The monoisotopic (exact) mass is 424 g/mol. The molecule has 1 aliphatic heterocycles. The van der Waals surface area contributed by atoms with Crippen LogP contribution in [-0.4, -0.2) is 44.2 Å². The largest absolute Gasteiger partial charge is 0.384 e. The molecule has 1 saturated heterocycles. The Morgan fingerprint density at radius 1 is 1.03 bits per heavy atom. The lowest BCUT2D eigenvalue weighted by atomic mass is 9.71. The fourth-order valence-electron chi connectivity index (χ4n) is 3.95. The number of pyridine rings is 1. The number of aliphatic hydroxyl groups is 2. The lowest BCUT2D eigenvalue weighted by Crippen LogP contribution is -2.68. The molecule has 31 heavy (non-hydrogen) atoms. The number of alkyl halides is 1. The van der Waals surface area contributed by atoms with E-state index in [1.807, 2.05) is 12.1 Å². The van der Waals surface area contributed by atoms with E-state index >= 15 is 4.39 Å². The van der Waals surface area contributed by atoms with Crippen LogP contribution >= 0.6 is 0 Å². The summed E-state index contributed by atoms with van der Waals surface area (Å²) < 4.78 is 15.9. The van der Waals surface area contributed by atoms with E-state index in [9.17, 15) is 10.2 Å². The van der Waals surface area contributed by atoms with Gasteiger partial charge >= 0.3 is 0 Å². The van der Waals surface area contributed by atoms with Crippen molar-refractivity contribution in [1.82, 2.24) is 20.5 Å². The molecule has 4 rings (SSSR count). The molecule has 0 amide bonds. The smallest absolute Gasteiger partial charge is 0.172 e. The van der Waals surface area contributed by atoms with Gasteiger partial charge in [0.2, 0.25) is 0 Å². The quantitative estimate of drug-likeness (QED) is 0.487. The van der Waals surface area contributed by atoms with Crippen LogP contribution < -0.4 is 5.32 Å². The molecule has 2 aromatic heterocycles. The van der Waals surface area contributed by atoms with E-state index in [0.717, 1.165) is 5.56 Å². The first-order valence-corrected chi connectivity index (χ1v) is 10.5. The predicted molar refractivity (Wildman–Crippen MR) is 117 cm³/mol. The van der Waals surface area contributed by atoms with Crippen LogP contribution in [0.1, 0.15) is 56.0 Å². The highest BCUT2D eigenvalue weighted by Crippen LogP contribution is 2.45. The van der Waals surface area contributed by atoms with Crippen molar-refractivity contribution in [1.29, 1.82) is 0 Å². The Balaban J connectivity index is 1.80. The number of rotatable bonds is 6. The maximum Gasteiger partial charge on any atom is 0.172 e. The number of aromatic amines is 1. The van der Waals surface area contributed by atoms with Gasteiger partial charge in [-0.3, -0.25) is 10.1 Å². The zero-order valence-corrected chi connectivity index (χ0v) is 18.3. The van der Waals surface area contributed by atoms with Gasteiger partial charge in [-0.25, -0.2) is 4.39 Å². The van der Waals surface area contributed by atoms with Gasteiger partial charge in [0.15, 0.2) is 11.3 Å². The molecule has 0 saturated carbocycles. The van der Waals surface area contributed by atoms with Crippen molar-refractivity contribution in [2.45, 2.75) is 50.5 Å². The molecule has 0 radical (unpaired) electrons. The summed E-state index contributed by atoms with van der Waals surface area (Å²) >= 11 is 0. The van der Waals surface area contributed by atoms with Crippen molar-refractivity contribution in [3.05, 3.63) is 71.2 Å². The van der Waals surface area contributed by atoms with Crippen LogP contribution in [0.5, 0.6) is 0 Å². The average Bonchev–Trinajstić information content (AvgIpc) is 3.22. The van der Waals surface area contributed by atoms with Crippen LogP contribution in [0.25, 0.3) is 11.3 Å². The second-order valence-electron chi connectivity index (χ2n) is 9.24. The van der Waals surface area contributed by atoms with E-state index in [1.54, 1.807) is 44.3 Å². The second kappa shape index (κ2) is 7.51. The van der Waals surface area contributed by atoms with Gasteiger partial charge in [-0.2, -0.15) is 5.10 Å². The van der Waals surface area contributed by atoms with Crippen molar-refractivity contribution in [2.75, 3.05) is 13.1 Å². The number of aromatic nitrogens is 3. The fourth-order valence-corrected chi connectivity index (χ4v) is 3.95. The molecule has 4 N–H and O–H groups in total. The van der Waals surface area contributed by atoms with E-state index < -0.39 is 16.9 Å². The lowest BCUT2D eigenvalue weighted by Gasteiger charge is -2.48. The number of nitrogens with one attached hydrogen (secondary N) is 2. The van der Waals surface area contributed by atoms with Crippen LogP contribution in [0, 0.1) is 0 Å². The first-order valence-electron chi connectivity index (χ1n) is 10.5. The SMILES string of the molecule is CC(C)c1ccc([C@](O)(c2cncc(-c3cc(C(C)(C)O)[nH]n3)c2)C2(F)CNC2)cc1. The van der Waals surface area contributed by atoms with E-state index in [-0.39, 0.29) is 13.1 Å². The Kier molecular flexibility index (Phi) is 5.24. The first-order chi connectivity index (χ1) is 14.5. The summed E-state index contributed by atoms with van der Waals surface area (Å²) in [6, 6.07) is 10.9. The first kappa shape index (κ1) is 21.6. The summed E-state index contributed by atoms with van der Waals surface area (Å²) in [5.74, 6) is 0.335. The minimum absolute atomic E-state index is 0.0465. The maximum absolute atomic E-state index is 15.9. The molecule has 1 aromatic carbocycles. The summed E-state index contributed by atoms with van der Waals surface area (Å²) in [7, 11) is 0. The Morgan fingerprint density at radius 3 is 2.23 bits per heavy atom. The minimum Gasteiger partial charge on any atom is -0.384 e. The van der Waals surface area contributed by atoms with Crippen molar-refractivity contribution < 1.29 is 14.6 Å². The van der Waals surface area contributed by atoms with Gasteiger partial charge in [-0.05, 0) is 43.0 Å². The summed E-state index contributed by atoms with van der Waals surface area (Å²) in [5, 5.41) is 32.1. The minimum atomic E-state index is -1.87. The zero-order valence-electron chi connectivity index (χ0n) is 18.3. The third kappa shape index (κ3) is 3.67. The summed E-state index contributed by atoms with van der Waals surface area (Å²) in [6.07, 6.45) is 3.11. The van der Waals surface area contributed by atoms with E-state index in [0.29, 0.717) is 34.0 Å².